The fourth-order valence-corrected chi connectivity index (χ4v) is 3.49. The molecule has 3 N–H and O–H groups in total. The van der Waals surface area contributed by atoms with Gasteiger partial charge in [0.15, 0.2) is 0 Å². The molecule has 0 radical (unpaired) electrons. The first kappa shape index (κ1) is 18.9. The number of benzene rings is 2. The predicted octanol–water partition coefficient (Wildman–Crippen LogP) is 2.66. The highest BCUT2D eigenvalue weighted by Crippen LogP contribution is 2.30. The number of aromatic nitrogens is 3. The van der Waals surface area contributed by atoms with Gasteiger partial charge in [-0.15, -0.1) is 0 Å². The molecule has 7 heteroatoms. The van der Waals surface area contributed by atoms with Crippen molar-refractivity contribution in [3.8, 4) is 11.1 Å². The van der Waals surface area contributed by atoms with Crippen molar-refractivity contribution in [1.29, 1.82) is 0 Å². The normalized spacial score (nSPS) is 11.4. The molecule has 0 aliphatic rings. The van der Waals surface area contributed by atoms with E-state index in [0.717, 1.165) is 39.3 Å². The van der Waals surface area contributed by atoms with Crippen LogP contribution in [-0.4, -0.2) is 52.8 Å². The maximum atomic E-state index is 12.8. The van der Waals surface area contributed by atoms with E-state index in [1.165, 1.54) is 0 Å². The quantitative estimate of drug-likeness (QED) is 0.549. The van der Waals surface area contributed by atoms with E-state index < -0.39 is 0 Å². The van der Waals surface area contributed by atoms with Gasteiger partial charge in [-0.25, -0.2) is 4.98 Å². The molecule has 0 fully saturated rings. The zero-order chi connectivity index (χ0) is 20.5. The Bertz CT molecular complexity index is 1210. The lowest BCUT2D eigenvalue weighted by Gasteiger charge is -2.11. The summed E-state index contributed by atoms with van der Waals surface area (Å²) in [5.41, 5.74) is 9.41. The van der Waals surface area contributed by atoms with Gasteiger partial charge in [0.1, 0.15) is 11.5 Å². The highest BCUT2D eigenvalue weighted by Gasteiger charge is 2.17. The Labute approximate surface area is 169 Å². The van der Waals surface area contributed by atoms with Gasteiger partial charge in [0.2, 0.25) is 0 Å². The van der Waals surface area contributed by atoms with Crippen molar-refractivity contribution >= 4 is 33.4 Å². The van der Waals surface area contributed by atoms with Crippen molar-refractivity contribution in [3.05, 3.63) is 54.4 Å². The van der Waals surface area contributed by atoms with E-state index in [4.69, 9.17) is 5.73 Å². The first-order chi connectivity index (χ1) is 13.9. The summed E-state index contributed by atoms with van der Waals surface area (Å²) in [4.78, 5) is 19.0. The van der Waals surface area contributed by atoms with Gasteiger partial charge in [0.05, 0.1) is 5.52 Å². The number of likely N-dealkylation sites (N-methyl/N-ethyl adjacent to an activating group) is 1. The van der Waals surface area contributed by atoms with Gasteiger partial charge < -0.3 is 16.0 Å². The molecule has 148 valence electrons. The smallest absolute Gasteiger partial charge is 0.270 e. The van der Waals surface area contributed by atoms with Crippen LogP contribution in [0.15, 0.2) is 48.7 Å². The van der Waals surface area contributed by atoms with E-state index in [9.17, 15) is 4.79 Å². The van der Waals surface area contributed by atoms with Crippen LogP contribution >= 0.6 is 0 Å². The molecule has 0 bridgehead atoms. The third-order valence-corrected chi connectivity index (χ3v) is 5.02. The van der Waals surface area contributed by atoms with Gasteiger partial charge in [0.25, 0.3) is 5.91 Å². The van der Waals surface area contributed by atoms with Crippen LogP contribution in [-0.2, 0) is 7.05 Å². The Morgan fingerprint density at radius 3 is 2.59 bits per heavy atom. The molecule has 2 aromatic carbocycles. The Balaban J connectivity index is 1.74. The fraction of sp³-hybridized carbons (Fsp3) is 0.227. The van der Waals surface area contributed by atoms with Gasteiger partial charge >= 0.3 is 0 Å². The number of nitrogen functional groups attached to an aromatic ring is 1. The molecule has 0 spiro atoms. The monoisotopic (exact) mass is 388 g/mol. The fourth-order valence-electron chi connectivity index (χ4n) is 3.49. The molecule has 7 nitrogen and oxygen atoms in total. The van der Waals surface area contributed by atoms with Crippen molar-refractivity contribution in [3.63, 3.8) is 0 Å². The highest BCUT2D eigenvalue weighted by molar-refractivity contribution is 6.06. The maximum absolute atomic E-state index is 12.8. The van der Waals surface area contributed by atoms with E-state index >= 15 is 0 Å². The van der Waals surface area contributed by atoms with Gasteiger partial charge in [0, 0.05) is 37.1 Å². The lowest BCUT2D eigenvalue weighted by Crippen LogP contribution is -2.32. The number of rotatable bonds is 5. The standard InChI is InChI=1S/C22H24N6O/c1-27(2)11-10-25-22(29)20-18-13-16(6-7-19(18)26-28(20)3)15-5-4-14-8-9-24-21(23)17(14)12-15/h4-9,12-13H,10-11H2,1-3H3,(H2,23,24)(H,25,29). The molecule has 0 aliphatic carbocycles. The number of pyridine rings is 1. The number of nitrogens with zero attached hydrogens (tertiary/aromatic N) is 4. The maximum Gasteiger partial charge on any atom is 0.270 e. The van der Waals surface area contributed by atoms with Crippen molar-refractivity contribution in [2.75, 3.05) is 32.9 Å². The average Bonchev–Trinajstić information content (AvgIpc) is 3.02. The molecule has 0 unspecified atom stereocenters. The third kappa shape index (κ3) is 3.64. The lowest BCUT2D eigenvalue weighted by atomic mass is 10.00. The Morgan fingerprint density at radius 1 is 1.10 bits per heavy atom. The second kappa shape index (κ2) is 7.52. The molecule has 1 amide bonds. The van der Waals surface area contributed by atoms with E-state index in [-0.39, 0.29) is 5.91 Å². The summed E-state index contributed by atoms with van der Waals surface area (Å²) in [7, 11) is 5.75. The van der Waals surface area contributed by atoms with Crippen LogP contribution in [0.1, 0.15) is 10.5 Å². The number of nitrogens with one attached hydrogen (secondary N) is 1. The van der Waals surface area contributed by atoms with Gasteiger partial charge in [-0.05, 0) is 54.9 Å². The molecule has 4 rings (SSSR count). The summed E-state index contributed by atoms with van der Waals surface area (Å²) in [6.07, 6.45) is 1.71. The summed E-state index contributed by atoms with van der Waals surface area (Å²) in [6.45, 7) is 1.36. The Hall–Kier alpha value is -3.45. The number of aryl methyl sites for hydroxylation is 1. The molecule has 4 aromatic rings. The first-order valence-corrected chi connectivity index (χ1v) is 9.48. The molecule has 0 saturated carbocycles. The van der Waals surface area contributed by atoms with E-state index in [1.54, 1.807) is 17.9 Å². The van der Waals surface area contributed by atoms with Gasteiger partial charge in [-0.3, -0.25) is 9.48 Å². The topological polar surface area (TPSA) is 89.1 Å². The zero-order valence-corrected chi connectivity index (χ0v) is 16.8. The molecule has 29 heavy (non-hydrogen) atoms. The number of carbonyl (C=O) groups excluding carboxylic acids is 1. The Kier molecular flexibility index (Phi) is 4.90. The average molecular weight is 388 g/mol. The minimum Gasteiger partial charge on any atom is -0.383 e. The molecular formula is C22H24N6O. The second-order valence-corrected chi connectivity index (χ2v) is 7.40. The van der Waals surface area contributed by atoms with Crippen LogP contribution in [0, 0.1) is 0 Å². The van der Waals surface area contributed by atoms with Crippen LogP contribution < -0.4 is 11.1 Å². The van der Waals surface area contributed by atoms with Crippen LogP contribution in [0.25, 0.3) is 32.8 Å². The summed E-state index contributed by atoms with van der Waals surface area (Å²) < 4.78 is 1.64. The zero-order valence-electron chi connectivity index (χ0n) is 16.8. The van der Waals surface area contributed by atoms with Crippen LogP contribution in [0.2, 0.25) is 0 Å². The van der Waals surface area contributed by atoms with Gasteiger partial charge in [-0.2, -0.15) is 5.10 Å². The van der Waals surface area contributed by atoms with E-state index in [2.05, 4.69) is 21.5 Å². The number of hydrogen-bond acceptors (Lipinski definition) is 5. The number of amides is 1. The molecule has 0 aliphatic heterocycles. The first-order valence-electron chi connectivity index (χ1n) is 9.48. The van der Waals surface area contributed by atoms with Crippen molar-refractivity contribution < 1.29 is 4.79 Å². The molecule has 0 saturated heterocycles. The SMILES string of the molecule is CN(C)CCNC(=O)c1c2cc(-c3ccc4ccnc(N)c4c3)ccc2nn1C. The Morgan fingerprint density at radius 2 is 1.83 bits per heavy atom. The summed E-state index contributed by atoms with van der Waals surface area (Å²) in [6, 6.07) is 14.0. The number of hydrogen-bond donors (Lipinski definition) is 2. The predicted molar refractivity (Wildman–Crippen MR) is 117 cm³/mol. The van der Waals surface area contributed by atoms with Gasteiger partial charge in [-0.1, -0.05) is 18.2 Å². The molecule has 2 heterocycles. The number of nitrogens with two attached hydrogens (primary N) is 1. The molecule has 2 aromatic heterocycles. The lowest BCUT2D eigenvalue weighted by molar-refractivity contribution is 0.0943. The highest BCUT2D eigenvalue weighted by atomic mass is 16.2. The van der Waals surface area contributed by atoms with Crippen molar-refractivity contribution in [2.45, 2.75) is 0 Å². The van der Waals surface area contributed by atoms with Crippen LogP contribution in [0.4, 0.5) is 5.82 Å². The van der Waals surface area contributed by atoms with Crippen LogP contribution in [0.5, 0.6) is 0 Å². The summed E-state index contributed by atoms with van der Waals surface area (Å²) >= 11 is 0. The minimum atomic E-state index is -0.124. The largest absolute Gasteiger partial charge is 0.383 e. The summed E-state index contributed by atoms with van der Waals surface area (Å²) in [5.74, 6) is 0.383. The van der Waals surface area contributed by atoms with Crippen molar-refractivity contribution in [1.82, 2.24) is 25.0 Å². The van der Waals surface area contributed by atoms with Crippen molar-refractivity contribution in [2.24, 2.45) is 7.05 Å². The third-order valence-electron chi connectivity index (χ3n) is 5.02. The van der Waals surface area contributed by atoms with Crippen LogP contribution in [0.3, 0.4) is 0 Å². The minimum absolute atomic E-state index is 0.124. The number of anilines is 1. The number of fused-ring (bicyclic) bond motifs is 2. The van der Waals surface area contributed by atoms with E-state index in [1.807, 2.05) is 55.4 Å². The number of carbonyl (C=O) groups is 1. The van der Waals surface area contributed by atoms with E-state index in [0.29, 0.717) is 18.1 Å². The molecular weight excluding hydrogens is 364 g/mol. The second-order valence-electron chi connectivity index (χ2n) is 7.40. The summed E-state index contributed by atoms with van der Waals surface area (Å²) in [5, 5.41) is 10.3. The molecule has 0 atom stereocenters.